The van der Waals surface area contributed by atoms with Crippen molar-refractivity contribution in [3.63, 3.8) is 0 Å². The molecule has 1 N–H and O–H groups in total. The Bertz CT molecular complexity index is 494. The maximum atomic E-state index is 9.66. The molecule has 0 radical (unpaired) electrons. The quantitative estimate of drug-likeness (QED) is 0.817. The van der Waals surface area contributed by atoms with Crippen molar-refractivity contribution in [3.05, 3.63) is 24.0 Å². The van der Waals surface area contributed by atoms with Gasteiger partial charge in [-0.05, 0) is 44.4 Å². The summed E-state index contributed by atoms with van der Waals surface area (Å²) in [4.78, 5) is 6.44. The Labute approximate surface area is 107 Å². The number of nitriles is 1. The molecule has 1 aromatic heterocycles. The third-order valence-electron chi connectivity index (χ3n) is 4.64. The first kappa shape index (κ1) is 11.5. The lowest BCUT2D eigenvalue weighted by atomic mass is 9.71. The average Bonchev–Trinajstić information content (AvgIpc) is 2.62. The van der Waals surface area contributed by atoms with Gasteiger partial charge in [0.25, 0.3) is 0 Å². The first-order valence-electron chi connectivity index (χ1n) is 6.42. The second-order valence-corrected chi connectivity index (χ2v) is 5.58. The highest BCUT2D eigenvalue weighted by Gasteiger charge is 2.48. The van der Waals surface area contributed by atoms with Crippen LogP contribution in [0, 0.1) is 11.3 Å². The number of hydrogen-bond acceptors (Lipinski definition) is 4. The summed E-state index contributed by atoms with van der Waals surface area (Å²) in [6.07, 6.45) is 7.20. The molecular weight excluding hydrogens is 226 g/mol. The Balaban J connectivity index is 2.00. The van der Waals surface area contributed by atoms with E-state index in [0.717, 1.165) is 18.4 Å². The first-order valence-corrected chi connectivity index (χ1v) is 6.42. The minimum atomic E-state index is -0.468. The Hall–Kier alpha value is -1.60. The van der Waals surface area contributed by atoms with E-state index in [4.69, 9.17) is 0 Å². The molecule has 0 saturated carbocycles. The normalized spacial score (nSPS) is 35.3. The fourth-order valence-corrected chi connectivity index (χ4v) is 3.55. The number of rotatable bonds is 1. The zero-order valence-corrected chi connectivity index (χ0v) is 10.5. The van der Waals surface area contributed by atoms with Gasteiger partial charge in [-0.1, -0.05) is 0 Å². The Morgan fingerprint density at radius 2 is 2.06 bits per heavy atom. The summed E-state index contributed by atoms with van der Waals surface area (Å²) in [7, 11) is 2.16. The van der Waals surface area contributed by atoms with Gasteiger partial charge in [0.05, 0.1) is 17.7 Å². The fourth-order valence-electron chi connectivity index (χ4n) is 3.55. The molecule has 4 nitrogen and oxygen atoms in total. The second-order valence-electron chi connectivity index (χ2n) is 5.58. The lowest BCUT2D eigenvalue weighted by Gasteiger charge is -2.41. The average molecular weight is 243 g/mol. The molecule has 3 heterocycles. The van der Waals surface area contributed by atoms with Crippen LogP contribution < -0.4 is 0 Å². The summed E-state index contributed by atoms with van der Waals surface area (Å²) in [5.74, 6) is 0.147. The minimum Gasteiger partial charge on any atom is -0.506 e. The molecule has 2 bridgehead atoms. The Morgan fingerprint density at radius 3 is 2.61 bits per heavy atom. The van der Waals surface area contributed by atoms with Gasteiger partial charge in [0.15, 0.2) is 0 Å². The molecule has 2 aliphatic heterocycles. The van der Waals surface area contributed by atoms with Crippen molar-refractivity contribution in [1.29, 1.82) is 5.26 Å². The molecule has 3 rings (SSSR count). The molecular formula is C14H17N3O. The van der Waals surface area contributed by atoms with Gasteiger partial charge < -0.3 is 10.0 Å². The van der Waals surface area contributed by atoms with Crippen LogP contribution in [0.2, 0.25) is 0 Å². The summed E-state index contributed by atoms with van der Waals surface area (Å²) in [5, 5.41) is 19.2. The number of nitrogens with zero attached hydrogens (tertiary/aromatic N) is 3. The van der Waals surface area contributed by atoms with E-state index in [2.05, 4.69) is 23.0 Å². The van der Waals surface area contributed by atoms with Gasteiger partial charge in [-0.2, -0.15) is 5.26 Å². The maximum absolute atomic E-state index is 9.66. The van der Waals surface area contributed by atoms with Gasteiger partial charge in [0.1, 0.15) is 5.75 Å². The lowest BCUT2D eigenvalue weighted by molar-refractivity contribution is 0.135. The summed E-state index contributed by atoms with van der Waals surface area (Å²) < 4.78 is 0. The third kappa shape index (κ3) is 1.58. The van der Waals surface area contributed by atoms with E-state index >= 15 is 0 Å². The third-order valence-corrected chi connectivity index (χ3v) is 4.64. The molecule has 0 spiro atoms. The van der Waals surface area contributed by atoms with Crippen molar-refractivity contribution in [3.8, 4) is 11.8 Å². The molecule has 18 heavy (non-hydrogen) atoms. The van der Waals surface area contributed by atoms with Crippen molar-refractivity contribution in [2.24, 2.45) is 0 Å². The van der Waals surface area contributed by atoms with Crippen molar-refractivity contribution in [1.82, 2.24) is 9.88 Å². The van der Waals surface area contributed by atoms with Crippen molar-refractivity contribution >= 4 is 0 Å². The van der Waals surface area contributed by atoms with Crippen molar-refractivity contribution in [2.45, 2.75) is 43.2 Å². The minimum absolute atomic E-state index is 0.147. The number of fused-ring (bicyclic) bond motifs is 2. The number of piperidine rings is 1. The topological polar surface area (TPSA) is 60.2 Å². The predicted molar refractivity (Wildman–Crippen MR) is 67.0 cm³/mol. The number of aromatic nitrogens is 1. The van der Waals surface area contributed by atoms with Crippen LogP contribution in [0.5, 0.6) is 5.75 Å². The number of hydrogen-bond donors (Lipinski definition) is 1. The highest BCUT2D eigenvalue weighted by Crippen LogP contribution is 2.46. The molecule has 0 aliphatic carbocycles. The van der Waals surface area contributed by atoms with E-state index in [9.17, 15) is 10.4 Å². The van der Waals surface area contributed by atoms with Crippen LogP contribution in [0.4, 0.5) is 0 Å². The Kier molecular flexibility index (Phi) is 2.53. The van der Waals surface area contributed by atoms with Crippen molar-refractivity contribution < 1.29 is 5.11 Å². The van der Waals surface area contributed by atoms with Crippen LogP contribution in [-0.4, -0.2) is 34.1 Å². The smallest absolute Gasteiger partial charge is 0.134 e. The summed E-state index contributed by atoms with van der Waals surface area (Å²) in [6.45, 7) is 0. The van der Waals surface area contributed by atoms with Gasteiger partial charge in [-0.15, -0.1) is 0 Å². The van der Waals surface area contributed by atoms with Crippen LogP contribution in [0.1, 0.15) is 31.2 Å². The van der Waals surface area contributed by atoms with Crippen LogP contribution in [-0.2, 0) is 5.41 Å². The fraction of sp³-hybridized carbons (Fsp3) is 0.571. The van der Waals surface area contributed by atoms with Crippen LogP contribution in [0.15, 0.2) is 18.5 Å². The van der Waals surface area contributed by atoms with Gasteiger partial charge in [-0.25, -0.2) is 0 Å². The van der Waals surface area contributed by atoms with E-state index in [-0.39, 0.29) is 5.75 Å². The van der Waals surface area contributed by atoms with E-state index < -0.39 is 5.41 Å². The second kappa shape index (κ2) is 3.96. The largest absolute Gasteiger partial charge is 0.506 e. The molecule has 2 unspecified atom stereocenters. The highest BCUT2D eigenvalue weighted by molar-refractivity contribution is 5.36. The highest BCUT2D eigenvalue weighted by atomic mass is 16.3. The van der Waals surface area contributed by atoms with Gasteiger partial charge in [-0.3, -0.25) is 4.98 Å². The Morgan fingerprint density at radius 1 is 1.39 bits per heavy atom. The predicted octanol–water partition coefficient (Wildman–Crippen LogP) is 1.81. The number of aromatic hydroxyl groups is 1. The SMILES string of the molecule is CN1C2CCC1CC(C#N)(c1cncc(O)c1)C2. The summed E-state index contributed by atoms with van der Waals surface area (Å²) in [6, 6.07) is 5.18. The lowest BCUT2D eigenvalue weighted by Crippen LogP contribution is -2.47. The van der Waals surface area contributed by atoms with Gasteiger partial charge in [0.2, 0.25) is 0 Å². The zero-order chi connectivity index (χ0) is 12.8. The zero-order valence-electron chi connectivity index (χ0n) is 10.5. The monoisotopic (exact) mass is 243 g/mol. The number of pyridine rings is 1. The van der Waals surface area contributed by atoms with Crippen LogP contribution in [0.25, 0.3) is 0 Å². The molecule has 2 atom stereocenters. The molecule has 4 heteroatoms. The molecule has 2 fully saturated rings. The molecule has 0 aromatic carbocycles. The van der Waals surface area contributed by atoms with Gasteiger partial charge in [0, 0.05) is 18.3 Å². The van der Waals surface area contributed by atoms with E-state index in [0.29, 0.717) is 12.1 Å². The molecule has 2 saturated heterocycles. The van der Waals surface area contributed by atoms with Crippen LogP contribution in [0.3, 0.4) is 0 Å². The molecule has 0 amide bonds. The summed E-state index contributed by atoms with van der Waals surface area (Å²) in [5.41, 5.74) is 0.402. The van der Waals surface area contributed by atoms with Crippen LogP contribution >= 0.6 is 0 Å². The van der Waals surface area contributed by atoms with E-state index in [1.807, 2.05) is 0 Å². The maximum Gasteiger partial charge on any atom is 0.134 e. The summed E-state index contributed by atoms with van der Waals surface area (Å²) >= 11 is 0. The standard InChI is InChI=1S/C14H17N3O/c1-17-11-2-3-12(17)6-14(5-11,9-15)10-4-13(18)8-16-7-10/h4,7-8,11-12,18H,2-3,5-6H2,1H3. The van der Waals surface area contributed by atoms with E-state index in [1.54, 1.807) is 12.3 Å². The first-order chi connectivity index (χ1) is 8.64. The molecule has 94 valence electrons. The molecule has 2 aliphatic rings. The molecule has 1 aromatic rings. The van der Waals surface area contributed by atoms with Gasteiger partial charge >= 0.3 is 0 Å². The van der Waals surface area contributed by atoms with E-state index in [1.165, 1.54) is 19.0 Å². The van der Waals surface area contributed by atoms with Crippen molar-refractivity contribution in [2.75, 3.05) is 7.05 Å².